The Morgan fingerprint density at radius 2 is 1.38 bits per heavy atom. The van der Waals surface area contributed by atoms with Crippen LogP contribution in [0, 0.1) is 5.92 Å². The summed E-state index contributed by atoms with van der Waals surface area (Å²) in [6.45, 7) is 13.5. The second kappa shape index (κ2) is 19.0. The molecular formula is C21H44N3O7P. The van der Waals surface area contributed by atoms with E-state index >= 15 is 0 Å². The van der Waals surface area contributed by atoms with Crippen LogP contribution in [0.4, 0.5) is 0 Å². The lowest BCUT2D eigenvalue weighted by molar-refractivity contribution is -0.147. The summed E-state index contributed by atoms with van der Waals surface area (Å²) in [5.74, 6) is -1.51. The highest BCUT2D eigenvalue weighted by atomic mass is 31.2. The third-order valence-electron chi connectivity index (χ3n) is 4.04. The molecule has 0 aliphatic carbocycles. The number of ether oxygens (including phenoxy) is 3. The molecule has 0 rings (SSSR count). The van der Waals surface area contributed by atoms with Crippen molar-refractivity contribution in [3.63, 3.8) is 0 Å². The first-order valence-electron chi connectivity index (χ1n) is 11.3. The standard InChI is InChI=1S/C14H29N2O5P.C7H15NO2/c1-6-8-9-21-14(18)12(4)16-22(5,19)15-10-11(3)13(17)20-7-2;1-3-4-5-10-7(9)6(2)8/h11-12H,6-10H2,1-5H3,(H2,15,16,19);6H,3-5,8H2,1-2H3. The van der Waals surface area contributed by atoms with Crippen LogP contribution < -0.4 is 15.9 Å². The second-order valence-corrected chi connectivity index (χ2v) is 10.0. The van der Waals surface area contributed by atoms with Crippen molar-refractivity contribution in [1.29, 1.82) is 0 Å². The summed E-state index contributed by atoms with van der Waals surface area (Å²) in [5, 5.41) is 5.51. The number of unbranched alkanes of at least 4 members (excludes halogenated alkanes) is 2. The molecule has 0 aliphatic rings. The van der Waals surface area contributed by atoms with E-state index in [4.69, 9.17) is 19.9 Å². The van der Waals surface area contributed by atoms with Crippen LogP contribution in [0.3, 0.4) is 0 Å². The molecule has 11 heteroatoms. The number of esters is 3. The Labute approximate surface area is 193 Å². The van der Waals surface area contributed by atoms with Gasteiger partial charge in [0, 0.05) is 13.2 Å². The predicted octanol–water partition coefficient (Wildman–Crippen LogP) is 2.60. The average molecular weight is 482 g/mol. The molecule has 4 unspecified atom stereocenters. The number of rotatable bonds is 15. The van der Waals surface area contributed by atoms with Gasteiger partial charge in [-0.15, -0.1) is 0 Å². The van der Waals surface area contributed by atoms with Gasteiger partial charge < -0.3 is 19.9 Å². The van der Waals surface area contributed by atoms with Crippen LogP contribution in [0.2, 0.25) is 0 Å². The van der Waals surface area contributed by atoms with E-state index in [-0.39, 0.29) is 18.5 Å². The van der Waals surface area contributed by atoms with Crippen LogP contribution in [0.5, 0.6) is 0 Å². The molecule has 10 nitrogen and oxygen atoms in total. The summed E-state index contributed by atoms with van der Waals surface area (Å²) < 4.78 is 27.1. The number of nitrogens with two attached hydrogens (primary N) is 1. The van der Waals surface area contributed by atoms with E-state index < -0.39 is 31.4 Å². The van der Waals surface area contributed by atoms with Gasteiger partial charge in [-0.05, 0) is 33.6 Å². The summed E-state index contributed by atoms with van der Waals surface area (Å²) in [5.41, 5.74) is 5.24. The molecule has 0 aromatic carbocycles. The molecule has 4 N–H and O–H groups in total. The summed E-state index contributed by atoms with van der Waals surface area (Å²) in [4.78, 5) is 33.9. The smallest absolute Gasteiger partial charge is 0.323 e. The molecule has 0 heterocycles. The quantitative estimate of drug-likeness (QED) is 0.138. The van der Waals surface area contributed by atoms with Crippen molar-refractivity contribution in [3.8, 4) is 0 Å². The molecule has 0 saturated heterocycles. The molecule has 0 aromatic rings. The van der Waals surface area contributed by atoms with Crippen LogP contribution in [0.1, 0.15) is 67.2 Å². The monoisotopic (exact) mass is 481 g/mol. The van der Waals surface area contributed by atoms with Gasteiger partial charge in [-0.2, -0.15) is 0 Å². The molecule has 0 spiro atoms. The number of hydrogen-bond donors (Lipinski definition) is 3. The Bertz CT molecular complexity index is 588. The van der Waals surface area contributed by atoms with Crippen LogP contribution in [-0.2, 0) is 33.2 Å². The largest absolute Gasteiger partial charge is 0.466 e. The maximum absolute atomic E-state index is 12.4. The Morgan fingerprint density at radius 1 is 0.875 bits per heavy atom. The zero-order valence-electron chi connectivity index (χ0n) is 20.8. The lowest BCUT2D eigenvalue weighted by Crippen LogP contribution is -2.38. The highest BCUT2D eigenvalue weighted by Gasteiger charge is 2.25. The lowest BCUT2D eigenvalue weighted by Gasteiger charge is -2.21. The predicted molar refractivity (Wildman–Crippen MR) is 125 cm³/mol. The van der Waals surface area contributed by atoms with Gasteiger partial charge in [0.15, 0.2) is 0 Å². The Kier molecular flexibility index (Phi) is 19.4. The number of nitrogens with one attached hydrogen (secondary N) is 2. The molecule has 190 valence electrons. The minimum atomic E-state index is -2.96. The van der Waals surface area contributed by atoms with Crippen molar-refractivity contribution < 1.29 is 33.2 Å². The third kappa shape index (κ3) is 18.1. The second-order valence-electron chi connectivity index (χ2n) is 7.62. The summed E-state index contributed by atoms with van der Waals surface area (Å²) in [7, 11) is -2.96. The first-order chi connectivity index (χ1) is 14.9. The van der Waals surface area contributed by atoms with Crippen molar-refractivity contribution in [3.05, 3.63) is 0 Å². The van der Waals surface area contributed by atoms with Crippen molar-refractivity contribution in [2.45, 2.75) is 79.3 Å². The summed E-state index contributed by atoms with van der Waals surface area (Å²) >= 11 is 0. The molecule has 0 saturated carbocycles. The Morgan fingerprint density at radius 3 is 1.81 bits per heavy atom. The summed E-state index contributed by atoms with van der Waals surface area (Å²) in [6, 6.07) is -1.17. The molecule has 0 aromatic heterocycles. The van der Waals surface area contributed by atoms with Crippen LogP contribution >= 0.6 is 7.44 Å². The van der Waals surface area contributed by atoms with E-state index in [1.165, 1.54) is 6.66 Å². The van der Waals surface area contributed by atoms with Gasteiger partial charge >= 0.3 is 17.9 Å². The van der Waals surface area contributed by atoms with E-state index in [0.29, 0.717) is 19.8 Å². The van der Waals surface area contributed by atoms with Crippen LogP contribution in [-0.4, -0.2) is 63.0 Å². The van der Waals surface area contributed by atoms with Crippen molar-refractivity contribution in [2.24, 2.45) is 11.7 Å². The maximum atomic E-state index is 12.4. The minimum Gasteiger partial charge on any atom is -0.466 e. The molecule has 0 bridgehead atoms. The first kappa shape index (κ1) is 32.7. The number of hydrogen-bond acceptors (Lipinski definition) is 8. The van der Waals surface area contributed by atoms with Crippen molar-refractivity contribution in [2.75, 3.05) is 33.0 Å². The van der Waals surface area contributed by atoms with Gasteiger partial charge in [0.05, 0.1) is 25.7 Å². The molecule has 0 fully saturated rings. The summed E-state index contributed by atoms with van der Waals surface area (Å²) in [6.07, 6.45) is 3.69. The molecule has 0 amide bonds. The van der Waals surface area contributed by atoms with Crippen molar-refractivity contribution >= 4 is 25.4 Å². The average Bonchev–Trinajstić information content (AvgIpc) is 2.72. The van der Waals surface area contributed by atoms with E-state index in [9.17, 15) is 18.9 Å². The fraction of sp³-hybridized carbons (Fsp3) is 0.857. The zero-order chi connectivity index (χ0) is 25.2. The SMILES string of the molecule is CCCCOC(=O)C(C)N.CCCCOC(=O)C(C)NP(C)(=O)NCC(C)C(=O)OCC. The fourth-order valence-electron chi connectivity index (χ4n) is 2.04. The minimum absolute atomic E-state index is 0.206. The van der Waals surface area contributed by atoms with E-state index in [1.54, 1.807) is 27.7 Å². The Hall–Kier alpha value is -1.48. The van der Waals surface area contributed by atoms with Crippen LogP contribution in [0.25, 0.3) is 0 Å². The van der Waals surface area contributed by atoms with Gasteiger partial charge in [0.2, 0.25) is 7.44 Å². The van der Waals surface area contributed by atoms with Gasteiger partial charge in [0.25, 0.3) is 0 Å². The third-order valence-corrected chi connectivity index (χ3v) is 5.70. The number of carbonyl (C=O) groups excluding carboxylic acids is 3. The van der Waals surface area contributed by atoms with Crippen LogP contribution in [0.15, 0.2) is 0 Å². The van der Waals surface area contributed by atoms with Gasteiger partial charge in [0.1, 0.15) is 12.1 Å². The lowest BCUT2D eigenvalue weighted by atomic mass is 10.2. The topological polar surface area (TPSA) is 146 Å². The molecule has 4 atom stereocenters. The highest BCUT2D eigenvalue weighted by molar-refractivity contribution is 7.59. The first-order valence-corrected chi connectivity index (χ1v) is 13.4. The Balaban J connectivity index is 0. The molecule has 0 radical (unpaired) electrons. The van der Waals surface area contributed by atoms with E-state index in [0.717, 1.165) is 25.7 Å². The maximum Gasteiger partial charge on any atom is 0.323 e. The molecule has 32 heavy (non-hydrogen) atoms. The zero-order valence-corrected chi connectivity index (χ0v) is 21.7. The number of carbonyl (C=O) groups is 3. The van der Waals surface area contributed by atoms with Crippen molar-refractivity contribution in [1.82, 2.24) is 10.2 Å². The van der Waals surface area contributed by atoms with E-state index in [2.05, 4.69) is 10.2 Å². The van der Waals surface area contributed by atoms with E-state index in [1.807, 2.05) is 13.8 Å². The van der Waals surface area contributed by atoms with Gasteiger partial charge in [-0.3, -0.25) is 24.0 Å². The van der Waals surface area contributed by atoms with Gasteiger partial charge in [-0.1, -0.05) is 33.6 Å². The van der Waals surface area contributed by atoms with Gasteiger partial charge in [-0.25, -0.2) is 5.09 Å². The molecular weight excluding hydrogens is 437 g/mol. The fourth-order valence-corrected chi connectivity index (χ4v) is 3.60. The molecule has 0 aliphatic heterocycles. The highest BCUT2D eigenvalue weighted by Crippen LogP contribution is 2.31. The normalized spacial score (nSPS) is 15.2.